The van der Waals surface area contributed by atoms with Crippen LogP contribution in [0.3, 0.4) is 0 Å². The highest BCUT2D eigenvalue weighted by atomic mass is 32.2. The molecular formula is C10H18F3N5OS. The van der Waals surface area contributed by atoms with Crippen molar-refractivity contribution in [3.8, 4) is 0 Å². The summed E-state index contributed by atoms with van der Waals surface area (Å²) in [5, 5.41) is 14.8. The lowest BCUT2D eigenvalue weighted by molar-refractivity contribution is -0.322. The van der Waals surface area contributed by atoms with E-state index in [1.54, 1.807) is 4.68 Å². The normalized spacial score (nSPS) is 12.9. The zero-order valence-electron chi connectivity index (χ0n) is 11.6. The Kier molecular flexibility index (Phi) is 6.21. The number of nitrogens with zero attached hydrogens (tertiary/aromatic N) is 4. The van der Waals surface area contributed by atoms with Gasteiger partial charge >= 0.3 is 6.36 Å². The predicted octanol–water partition coefficient (Wildman–Crippen LogP) is 1.69. The Labute approximate surface area is 119 Å². The van der Waals surface area contributed by atoms with Gasteiger partial charge in [-0.2, -0.15) is 0 Å². The maximum absolute atomic E-state index is 11.8. The van der Waals surface area contributed by atoms with E-state index in [4.69, 9.17) is 0 Å². The zero-order valence-corrected chi connectivity index (χ0v) is 12.4. The second-order valence-electron chi connectivity index (χ2n) is 5.00. The van der Waals surface area contributed by atoms with Gasteiger partial charge in [0.25, 0.3) is 0 Å². The molecule has 1 N–H and O–H groups in total. The molecule has 0 fully saturated rings. The van der Waals surface area contributed by atoms with Gasteiger partial charge in [-0.1, -0.05) is 11.8 Å². The van der Waals surface area contributed by atoms with Gasteiger partial charge in [-0.15, -0.1) is 18.3 Å². The van der Waals surface area contributed by atoms with Crippen molar-refractivity contribution in [3.05, 3.63) is 0 Å². The summed E-state index contributed by atoms with van der Waals surface area (Å²) in [4.78, 5) is 0. The number of hydrogen-bond acceptors (Lipinski definition) is 6. The zero-order chi connectivity index (χ0) is 15.2. The first-order valence-corrected chi connectivity index (χ1v) is 7.01. The topological polar surface area (TPSA) is 64.9 Å². The monoisotopic (exact) mass is 313 g/mol. The number of nitrogens with one attached hydrogen (secondary N) is 1. The molecule has 10 heteroatoms. The second-order valence-corrected chi connectivity index (χ2v) is 6.07. The summed E-state index contributed by atoms with van der Waals surface area (Å²) in [6.45, 7) is 6.90. The van der Waals surface area contributed by atoms with E-state index in [1.165, 1.54) is 0 Å². The molecule has 0 saturated carbocycles. The van der Waals surface area contributed by atoms with Crippen LogP contribution in [-0.2, 0) is 11.3 Å². The Hall–Kier alpha value is -0.870. The minimum absolute atomic E-state index is 0.0120. The molecule has 0 radical (unpaired) electrons. The van der Waals surface area contributed by atoms with Crippen LogP contribution in [0.15, 0.2) is 5.16 Å². The van der Waals surface area contributed by atoms with Crippen LogP contribution in [-0.4, -0.2) is 51.0 Å². The third-order valence-electron chi connectivity index (χ3n) is 2.06. The maximum atomic E-state index is 11.8. The first-order chi connectivity index (χ1) is 9.17. The van der Waals surface area contributed by atoms with Crippen LogP contribution in [0, 0.1) is 0 Å². The molecule has 0 amide bonds. The van der Waals surface area contributed by atoms with Crippen LogP contribution in [0.5, 0.6) is 0 Å². The molecule has 0 atom stereocenters. The average Bonchev–Trinajstić information content (AvgIpc) is 2.69. The van der Waals surface area contributed by atoms with Crippen molar-refractivity contribution in [1.82, 2.24) is 25.5 Å². The number of thioether (sulfide) groups is 1. The molecule has 1 aromatic heterocycles. The molecule has 1 aromatic rings. The van der Waals surface area contributed by atoms with E-state index in [9.17, 15) is 13.2 Å². The average molecular weight is 313 g/mol. The SMILES string of the molecule is CC(C)(C)NCCn1nnnc1SCCOC(F)(F)F. The van der Waals surface area contributed by atoms with Gasteiger partial charge in [-0.25, -0.2) is 4.68 Å². The minimum Gasteiger partial charge on any atom is -0.310 e. The highest BCUT2D eigenvalue weighted by molar-refractivity contribution is 7.99. The van der Waals surface area contributed by atoms with Gasteiger partial charge in [-0.05, 0) is 31.2 Å². The standard InChI is InChI=1S/C10H18F3N5OS/c1-9(2,3)14-4-5-18-8(15-16-17-18)20-7-6-19-10(11,12)13/h14H,4-7H2,1-3H3. The fourth-order valence-corrected chi connectivity index (χ4v) is 1.99. The molecule has 20 heavy (non-hydrogen) atoms. The van der Waals surface area contributed by atoms with Gasteiger partial charge in [0, 0.05) is 17.8 Å². The molecule has 0 aliphatic carbocycles. The molecule has 0 spiro atoms. The summed E-state index contributed by atoms with van der Waals surface area (Å²) >= 11 is 1.13. The quantitative estimate of drug-likeness (QED) is 0.610. The van der Waals surface area contributed by atoms with Crippen LogP contribution < -0.4 is 5.32 Å². The molecule has 0 bridgehead atoms. The largest absolute Gasteiger partial charge is 0.522 e. The van der Waals surface area contributed by atoms with Gasteiger partial charge in [0.1, 0.15) is 0 Å². The molecule has 6 nitrogen and oxygen atoms in total. The van der Waals surface area contributed by atoms with Gasteiger partial charge < -0.3 is 5.32 Å². The van der Waals surface area contributed by atoms with E-state index in [-0.39, 0.29) is 11.3 Å². The summed E-state index contributed by atoms with van der Waals surface area (Å²) < 4.78 is 40.6. The van der Waals surface area contributed by atoms with Crippen LogP contribution in [0.2, 0.25) is 0 Å². The number of aromatic nitrogens is 4. The number of rotatable bonds is 7. The van der Waals surface area contributed by atoms with Gasteiger partial charge in [0.15, 0.2) is 0 Å². The first kappa shape index (κ1) is 17.2. The molecule has 0 unspecified atom stereocenters. The number of hydrogen-bond donors (Lipinski definition) is 1. The third-order valence-corrected chi connectivity index (χ3v) is 2.98. The van der Waals surface area contributed by atoms with Crippen LogP contribution in [0.1, 0.15) is 20.8 Å². The predicted molar refractivity (Wildman–Crippen MR) is 68.3 cm³/mol. The fraction of sp³-hybridized carbons (Fsp3) is 0.900. The van der Waals surface area contributed by atoms with E-state index >= 15 is 0 Å². The van der Waals surface area contributed by atoms with Crippen molar-refractivity contribution in [2.45, 2.75) is 44.4 Å². The number of alkyl halides is 3. The molecule has 0 aliphatic rings. The highest BCUT2D eigenvalue weighted by Gasteiger charge is 2.28. The minimum atomic E-state index is -4.59. The van der Waals surface area contributed by atoms with Crippen molar-refractivity contribution in [1.29, 1.82) is 0 Å². The summed E-state index contributed by atoms with van der Waals surface area (Å²) in [6, 6.07) is 0. The third kappa shape index (κ3) is 7.65. The molecule has 116 valence electrons. The number of halogens is 3. The van der Waals surface area contributed by atoms with E-state index in [2.05, 4.69) is 25.6 Å². The fourth-order valence-electron chi connectivity index (χ4n) is 1.27. The lowest BCUT2D eigenvalue weighted by Crippen LogP contribution is -2.38. The first-order valence-electron chi connectivity index (χ1n) is 6.02. The van der Waals surface area contributed by atoms with Gasteiger partial charge in [-0.3, -0.25) is 4.74 Å². The van der Waals surface area contributed by atoms with E-state index in [0.29, 0.717) is 18.2 Å². The summed E-state index contributed by atoms with van der Waals surface area (Å²) in [5.74, 6) is 0.132. The Balaban J connectivity index is 2.32. The molecular weight excluding hydrogens is 295 g/mol. The van der Waals surface area contributed by atoms with Crippen LogP contribution >= 0.6 is 11.8 Å². The molecule has 0 saturated heterocycles. The highest BCUT2D eigenvalue weighted by Crippen LogP contribution is 2.18. The maximum Gasteiger partial charge on any atom is 0.522 e. The molecule has 0 aromatic carbocycles. The van der Waals surface area contributed by atoms with Gasteiger partial charge in [0.2, 0.25) is 5.16 Å². The molecule has 0 aliphatic heterocycles. The summed E-state index contributed by atoms with van der Waals surface area (Å²) in [7, 11) is 0. The molecule has 1 rings (SSSR count). The van der Waals surface area contributed by atoms with Crippen molar-refractivity contribution >= 4 is 11.8 Å². The lowest BCUT2D eigenvalue weighted by Gasteiger charge is -2.20. The van der Waals surface area contributed by atoms with Gasteiger partial charge in [0.05, 0.1) is 13.2 Å². The van der Waals surface area contributed by atoms with E-state index < -0.39 is 13.0 Å². The van der Waals surface area contributed by atoms with Crippen molar-refractivity contribution in [3.63, 3.8) is 0 Å². The van der Waals surface area contributed by atoms with Crippen LogP contribution in [0.25, 0.3) is 0 Å². The Morgan fingerprint density at radius 3 is 2.60 bits per heavy atom. The summed E-state index contributed by atoms with van der Waals surface area (Å²) in [6.07, 6.45) is -4.59. The van der Waals surface area contributed by atoms with Crippen molar-refractivity contribution in [2.75, 3.05) is 18.9 Å². The van der Waals surface area contributed by atoms with E-state index in [0.717, 1.165) is 11.8 Å². The smallest absolute Gasteiger partial charge is 0.310 e. The number of tetrazole rings is 1. The molecule has 1 heterocycles. The Bertz CT molecular complexity index is 404. The van der Waals surface area contributed by atoms with Crippen molar-refractivity contribution < 1.29 is 17.9 Å². The Morgan fingerprint density at radius 1 is 1.30 bits per heavy atom. The van der Waals surface area contributed by atoms with Crippen molar-refractivity contribution in [2.24, 2.45) is 0 Å². The lowest BCUT2D eigenvalue weighted by atomic mass is 10.1. The summed E-state index contributed by atoms with van der Waals surface area (Å²) in [5.41, 5.74) is -0.0120. The van der Waals surface area contributed by atoms with E-state index in [1.807, 2.05) is 20.8 Å². The van der Waals surface area contributed by atoms with Crippen LogP contribution in [0.4, 0.5) is 13.2 Å². The second kappa shape index (κ2) is 7.23. The number of ether oxygens (including phenoxy) is 1. The Morgan fingerprint density at radius 2 is 2.00 bits per heavy atom.